The third-order valence-corrected chi connectivity index (χ3v) is 6.77. The van der Waals surface area contributed by atoms with Crippen molar-refractivity contribution in [3.05, 3.63) is 76.6 Å². The number of imidazole rings is 1. The van der Waals surface area contributed by atoms with E-state index in [0.29, 0.717) is 11.5 Å². The van der Waals surface area contributed by atoms with Crippen LogP contribution in [0.4, 0.5) is 10.8 Å². The fraction of sp³-hybridized carbons (Fsp3) is 0.0952. The zero-order chi connectivity index (χ0) is 23.8. The Balaban J connectivity index is 1.75. The summed E-state index contributed by atoms with van der Waals surface area (Å²) in [6.07, 6.45) is 4.36. The van der Waals surface area contributed by atoms with Gasteiger partial charge in [-0.05, 0) is 6.07 Å². The van der Waals surface area contributed by atoms with Crippen molar-refractivity contribution in [1.29, 1.82) is 0 Å². The molecule has 12 heteroatoms. The van der Waals surface area contributed by atoms with Crippen LogP contribution in [0.2, 0.25) is 0 Å². The SMILES string of the molecule is Cn1ccnc1-c1sc(NC(=O)c2cc([N+](=O)[O-])cc(S(C)(=O)=O)c2)nc1-c1ccccc1. The number of nitro benzene ring substituents is 1. The third kappa shape index (κ3) is 4.66. The molecule has 2 aromatic heterocycles. The van der Waals surface area contributed by atoms with Crippen LogP contribution in [0.15, 0.2) is 65.8 Å². The summed E-state index contributed by atoms with van der Waals surface area (Å²) >= 11 is 1.19. The average molecular weight is 484 g/mol. The topological polar surface area (TPSA) is 137 Å². The Morgan fingerprint density at radius 1 is 1.18 bits per heavy atom. The van der Waals surface area contributed by atoms with E-state index >= 15 is 0 Å². The number of aryl methyl sites for hydroxylation is 1. The van der Waals surface area contributed by atoms with Crippen LogP contribution in [-0.2, 0) is 16.9 Å². The second-order valence-electron chi connectivity index (χ2n) is 7.12. The van der Waals surface area contributed by atoms with Crippen molar-refractivity contribution in [3.63, 3.8) is 0 Å². The molecular formula is C21H17N5O5S2. The maximum atomic E-state index is 12.9. The van der Waals surface area contributed by atoms with Crippen LogP contribution >= 0.6 is 11.3 Å². The first-order valence-corrected chi connectivity index (χ1v) is 12.2. The Hall–Kier alpha value is -3.90. The molecular weight excluding hydrogens is 466 g/mol. The lowest BCUT2D eigenvalue weighted by Gasteiger charge is -2.05. The van der Waals surface area contributed by atoms with Crippen molar-refractivity contribution >= 4 is 37.9 Å². The van der Waals surface area contributed by atoms with Gasteiger partial charge in [0.1, 0.15) is 0 Å². The lowest BCUT2D eigenvalue weighted by atomic mass is 10.1. The van der Waals surface area contributed by atoms with E-state index in [1.807, 2.05) is 41.9 Å². The second kappa shape index (κ2) is 8.56. The molecule has 1 N–H and O–H groups in total. The van der Waals surface area contributed by atoms with Crippen molar-refractivity contribution in [3.8, 4) is 22.0 Å². The highest BCUT2D eigenvalue weighted by molar-refractivity contribution is 7.90. The number of hydrogen-bond acceptors (Lipinski definition) is 8. The zero-order valence-corrected chi connectivity index (χ0v) is 19.1. The largest absolute Gasteiger partial charge is 0.333 e. The van der Waals surface area contributed by atoms with Gasteiger partial charge < -0.3 is 4.57 Å². The quantitative estimate of drug-likeness (QED) is 0.325. The van der Waals surface area contributed by atoms with Gasteiger partial charge in [0.2, 0.25) is 0 Å². The highest BCUT2D eigenvalue weighted by Gasteiger charge is 2.22. The van der Waals surface area contributed by atoms with Gasteiger partial charge in [0.05, 0.1) is 20.4 Å². The lowest BCUT2D eigenvalue weighted by Crippen LogP contribution is -2.13. The van der Waals surface area contributed by atoms with Gasteiger partial charge >= 0.3 is 0 Å². The highest BCUT2D eigenvalue weighted by Crippen LogP contribution is 2.38. The summed E-state index contributed by atoms with van der Waals surface area (Å²) in [6.45, 7) is 0. The first-order valence-electron chi connectivity index (χ1n) is 9.48. The molecule has 4 aromatic rings. The summed E-state index contributed by atoms with van der Waals surface area (Å²) in [5.74, 6) is -0.0649. The summed E-state index contributed by atoms with van der Waals surface area (Å²) in [5, 5.41) is 14.1. The normalized spacial score (nSPS) is 11.3. The Labute approximate surface area is 192 Å². The number of carbonyl (C=O) groups is 1. The maximum absolute atomic E-state index is 12.9. The molecule has 0 unspecified atom stereocenters. The van der Waals surface area contributed by atoms with Crippen molar-refractivity contribution in [1.82, 2.24) is 14.5 Å². The summed E-state index contributed by atoms with van der Waals surface area (Å²) < 4.78 is 25.7. The summed E-state index contributed by atoms with van der Waals surface area (Å²) in [7, 11) is -1.93. The van der Waals surface area contributed by atoms with Crippen LogP contribution in [0.3, 0.4) is 0 Å². The smallest absolute Gasteiger partial charge is 0.271 e. The maximum Gasteiger partial charge on any atom is 0.271 e. The summed E-state index contributed by atoms with van der Waals surface area (Å²) in [5.41, 5.74) is 0.767. The minimum absolute atomic E-state index is 0.167. The van der Waals surface area contributed by atoms with Gasteiger partial charge in [-0.2, -0.15) is 0 Å². The van der Waals surface area contributed by atoms with E-state index in [4.69, 9.17) is 0 Å². The first-order chi connectivity index (χ1) is 15.6. The number of non-ortho nitro benzene ring substituents is 1. The average Bonchev–Trinajstić information content (AvgIpc) is 3.39. The molecule has 0 atom stereocenters. The molecule has 0 saturated heterocycles. The number of rotatable bonds is 6. The molecule has 0 fully saturated rings. The van der Waals surface area contributed by atoms with Gasteiger partial charge in [-0.3, -0.25) is 20.2 Å². The number of benzene rings is 2. The van der Waals surface area contributed by atoms with Gasteiger partial charge in [-0.15, -0.1) is 0 Å². The van der Waals surface area contributed by atoms with E-state index in [1.54, 1.807) is 12.4 Å². The van der Waals surface area contributed by atoms with Crippen LogP contribution in [0.5, 0.6) is 0 Å². The van der Waals surface area contributed by atoms with E-state index in [-0.39, 0.29) is 15.6 Å². The molecule has 0 saturated carbocycles. The lowest BCUT2D eigenvalue weighted by molar-refractivity contribution is -0.385. The molecule has 1 amide bonds. The van der Waals surface area contributed by atoms with E-state index in [1.165, 1.54) is 11.3 Å². The van der Waals surface area contributed by atoms with Crippen molar-refractivity contribution in [2.24, 2.45) is 7.05 Å². The number of amides is 1. The van der Waals surface area contributed by atoms with Crippen molar-refractivity contribution in [2.75, 3.05) is 11.6 Å². The Kier molecular flexibility index (Phi) is 5.78. The number of anilines is 1. The monoisotopic (exact) mass is 483 g/mol. The molecule has 10 nitrogen and oxygen atoms in total. The van der Waals surface area contributed by atoms with E-state index in [0.717, 1.165) is 34.9 Å². The summed E-state index contributed by atoms with van der Waals surface area (Å²) in [6, 6.07) is 12.4. The molecule has 0 aliphatic rings. The molecule has 33 heavy (non-hydrogen) atoms. The van der Waals surface area contributed by atoms with Crippen LogP contribution in [0.25, 0.3) is 22.0 Å². The number of sulfone groups is 1. The fourth-order valence-electron chi connectivity index (χ4n) is 3.10. The fourth-order valence-corrected chi connectivity index (χ4v) is 4.80. The number of thiazole rings is 1. The minimum Gasteiger partial charge on any atom is -0.333 e. The molecule has 0 radical (unpaired) electrons. The Morgan fingerprint density at radius 2 is 1.91 bits per heavy atom. The van der Waals surface area contributed by atoms with Crippen LogP contribution in [0.1, 0.15) is 10.4 Å². The van der Waals surface area contributed by atoms with E-state index in [9.17, 15) is 23.3 Å². The molecule has 0 aliphatic carbocycles. The van der Waals surface area contributed by atoms with Crippen LogP contribution in [-0.4, -0.2) is 40.0 Å². The molecule has 0 spiro atoms. The van der Waals surface area contributed by atoms with Crippen molar-refractivity contribution < 1.29 is 18.1 Å². The Morgan fingerprint density at radius 3 is 2.52 bits per heavy atom. The Bertz CT molecular complexity index is 1480. The number of nitrogens with zero attached hydrogens (tertiary/aromatic N) is 4. The molecule has 0 aliphatic heterocycles. The van der Waals surface area contributed by atoms with Crippen LogP contribution in [0, 0.1) is 10.1 Å². The molecule has 2 aromatic carbocycles. The van der Waals surface area contributed by atoms with Gasteiger partial charge in [0, 0.05) is 49.0 Å². The predicted octanol–water partition coefficient (Wildman–Crippen LogP) is 3.77. The van der Waals surface area contributed by atoms with Crippen molar-refractivity contribution in [2.45, 2.75) is 4.90 Å². The molecule has 0 bridgehead atoms. The minimum atomic E-state index is -3.77. The van der Waals surface area contributed by atoms with Gasteiger partial charge in [-0.1, -0.05) is 41.7 Å². The zero-order valence-electron chi connectivity index (χ0n) is 17.4. The highest BCUT2D eigenvalue weighted by atomic mass is 32.2. The summed E-state index contributed by atoms with van der Waals surface area (Å²) in [4.78, 5) is 32.7. The number of nitro groups is 1. The van der Waals surface area contributed by atoms with Crippen LogP contribution < -0.4 is 5.32 Å². The van der Waals surface area contributed by atoms with E-state index < -0.39 is 26.4 Å². The van der Waals surface area contributed by atoms with Gasteiger partial charge in [-0.25, -0.2) is 18.4 Å². The number of carbonyl (C=O) groups excluding carboxylic acids is 1. The number of hydrogen-bond donors (Lipinski definition) is 1. The predicted molar refractivity (Wildman–Crippen MR) is 124 cm³/mol. The van der Waals surface area contributed by atoms with Gasteiger partial charge in [0.15, 0.2) is 20.8 Å². The molecule has 4 rings (SSSR count). The van der Waals surface area contributed by atoms with Gasteiger partial charge in [0.25, 0.3) is 11.6 Å². The standard InChI is InChI=1S/C21H17N5O5S2/c1-25-9-8-22-19(25)18-17(13-6-4-3-5-7-13)23-21(32-18)24-20(27)14-10-15(26(28)29)12-16(11-14)33(2,30)31/h3-12H,1-2H3,(H,23,24,27). The molecule has 168 valence electrons. The third-order valence-electron chi connectivity index (χ3n) is 4.71. The first kappa shape index (κ1) is 22.3. The number of aromatic nitrogens is 3. The van der Waals surface area contributed by atoms with E-state index in [2.05, 4.69) is 15.3 Å². The number of nitrogens with one attached hydrogen (secondary N) is 1. The second-order valence-corrected chi connectivity index (χ2v) is 10.1. The molecule has 2 heterocycles.